The molecule has 2 aromatic carbocycles. The molecule has 1 aliphatic rings. The van der Waals surface area contributed by atoms with Gasteiger partial charge in [-0.25, -0.2) is 0 Å². The summed E-state index contributed by atoms with van der Waals surface area (Å²) in [7, 11) is 0. The van der Waals surface area contributed by atoms with Gasteiger partial charge in [-0.2, -0.15) is 0 Å². The molecular weight excluding hydrogens is 378 g/mol. The first-order chi connectivity index (χ1) is 13.5. The van der Waals surface area contributed by atoms with Gasteiger partial charge in [0, 0.05) is 10.6 Å². The molecule has 3 nitrogen and oxygen atoms in total. The highest BCUT2D eigenvalue weighted by Crippen LogP contribution is 2.48. The van der Waals surface area contributed by atoms with Gasteiger partial charge in [0.1, 0.15) is 0 Å². The van der Waals surface area contributed by atoms with Gasteiger partial charge in [0.05, 0.1) is 6.42 Å². The van der Waals surface area contributed by atoms with E-state index in [4.69, 9.17) is 5.11 Å². The van der Waals surface area contributed by atoms with Crippen LogP contribution in [0.25, 0.3) is 0 Å². The first-order valence-corrected chi connectivity index (χ1v) is 11.2. The zero-order chi connectivity index (χ0) is 21.4. The second-order valence-corrected chi connectivity index (χ2v) is 10.7. The van der Waals surface area contributed by atoms with Crippen LogP contribution in [-0.2, 0) is 22.0 Å². The van der Waals surface area contributed by atoms with Crippen molar-refractivity contribution in [3.8, 4) is 0 Å². The Hall–Kier alpha value is -1.94. The number of nitrogens with one attached hydrogen (secondary N) is 1. The Balaban J connectivity index is 1.90. The van der Waals surface area contributed by atoms with Crippen molar-refractivity contribution in [3.63, 3.8) is 0 Å². The fourth-order valence-electron chi connectivity index (χ4n) is 4.13. The Morgan fingerprint density at radius 1 is 1.03 bits per heavy atom. The summed E-state index contributed by atoms with van der Waals surface area (Å²) in [4.78, 5) is 12.1. The molecule has 0 aliphatic heterocycles. The zero-order valence-corrected chi connectivity index (χ0v) is 19.2. The number of aliphatic carboxylic acids is 1. The number of carboxylic acid groups (broad SMARTS) is 1. The molecule has 0 atom stereocenters. The minimum atomic E-state index is -0.804. The molecule has 2 aromatic rings. The topological polar surface area (TPSA) is 49.3 Å². The number of carbonyl (C=O) groups is 1. The summed E-state index contributed by atoms with van der Waals surface area (Å²) in [5.74, 6) is -0.357. The van der Waals surface area contributed by atoms with Gasteiger partial charge < -0.3 is 9.83 Å². The lowest BCUT2D eigenvalue weighted by molar-refractivity contribution is -0.136. The van der Waals surface area contributed by atoms with Crippen molar-refractivity contribution >= 4 is 23.6 Å². The molecule has 0 saturated heterocycles. The quantitative estimate of drug-likeness (QED) is 0.507. The van der Waals surface area contributed by atoms with Gasteiger partial charge in [0.2, 0.25) is 0 Å². The Morgan fingerprint density at radius 2 is 1.59 bits per heavy atom. The Morgan fingerprint density at radius 3 is 2.10 bits per heavy atom. The van der Waals surface area contributed by atoms with E-state index in [2.05, 4.69) is 58.4 Å². The molecule has 0 fully saturated rings. The zero-order valence-electron chi connectivity index (χ0n) is 18.4. The maximum atomic E-state index is 10.9. The third kappa shape index (κ3) is 4.80. The van der Waals surface area contributed by atoms with Crippen molar-refractivity contribution in [2.45, 2.75) is 82.4 Å². The number of benzene rings is 2. The average Bonchev–Trinajstić information content (AvgIpc) is 2.64. The first-order valence-electron chi connectivity index (χ1n) is 10.4. The molecular formula is C25H33NO2S. The largest absolute Gasteiger partial charge is 0.481 e. The third-order valence-corrected chi connectivity index (χ3v) is 7.10. The van der Waals surface area contributed by atoms with E-state index in [0.29, 0.717) is 5.92 Å². The second kappa shape index (κ2) is 8.06. The normalized spacial score (nSPS) is 17.1. The van der Waals surface area contributed by atoms with Crippen molar-refractivity contribution in [2.24, 2.45) is 0 Å². The summed E-state index contributed by atoms with van der Waals surface area (Å²) < 4.78 is 3.46. The van der Waals surface area contributed by atoms with Gasteiger partial charge in [-0.3, -0.25) is 4.79 Å². The molecule has 156 valence electrons. The monoisotopic (exact) mass is 411 g/mol. The summed E-state index contributed by atoms with van der Waals surface area (Å²) in [5.41, 5.74) is 6.55. The van der Waals surface area contributed by atoms with Crippen LogP contribution in [0.3, 0.4) is 0 Å². The van der Waals surface area contributed by atoms with Gasteiger partial charge in [0.25, 0.3) is 0 Å². The molecule has 0 unspecified atom stereocenters. The molecule has 2 N–H and O–H groups in total. The predicted octanol–water partition coefficient (Wildman–Crippen LogP) is 6.91. The second-order valence-electron chi connectivity index (χ2n) is 9.83. The van der Waals surface area contributed by atoms with Gasteiger partial charge in [-0.05, 0) is 82.0 Å². The standard InChI is InChI=1S/C25H33NO2S/c1-16(2)19-14-20-21(25(5,6)12-11-24(20,3)4)15-22(19)29-26-18-9-7-17(8-10-18)13-23(27)28/h7-10,14-16,26H,11-13H2,1-6H3,(H,27,28). The van der Waals surface area contributed by atoms with Crippen LogP contribution in [0.2, 0.25) is 0 Å². The summed E-state index contributed by atoms with van der Waals surface area (Å²) in [5, 5.41) is 8.93. The van der Waals surface area contributed by atoms with E-state index in [1.54, 1.807) is 11.9 Å². The van der Waals surface area contributed by atoms with Crippen molar-refractivity contribution in [1.29, 1.82) is 0 Å². The maximum Gasteiger partial charge on any atom is 0.307 e. The van der Waals surface area contributed by atoms with E-state index in [1.807, 2.05) is 24.3 Å². The summed E-state index contributed by atoms with van der Waals surface area (Å²) in [6.45, 7) is 14.0. The van der Waals surface area contributed by atoms with Gasteiger partial charge in [0.15, 0.2) is 0 Å². The Bertz CT molecular complexity index is 898. The number of carboxylic acids is 1. The highest BCUT2D eigenvalue weighted by molar-refractivity contribution is 8.00. The van der Waals surface area contributed by atoms with Crippen LogP contribution < -0.4 is 4.72 Å². The minimum absolute atomic E-state index is 0.0562. The minimum Gasteiger partial charge on any atom is -0.481 e. The van der Waals surface area contributed by atoms with Crippen LogP contribution in [0.1, 0.15) is 82.6 Å². The van der Waals surface area contributed by atoms with Crippen molar-refractivity contribution in [3.05, 3.63) is 58.7 Å². The van der Waals surface area contributed by atoms with Crippen molar-refractivity contribution in [1.82, 2.24) is 0 Å². The molecule has 0 radical (unpaired) electrons. The molecule has 0 bridgehead atoms. The Labute approximate surface area is 179 Å². The lowest BCUT2D eigenvalue weighted by atomic mass is 9.63. The lowest BCUT2D eigenvalue weighted by Gasteiger charge is -2.42. The molecule has 4 heteroatoms. The van der Waals surface area contributed by atoms with Crippen LogP contribution in [0.15, 0.2) is 41.3 Å². The van der Waals surface area contributed by atoms with E-state index in [1.165, 1.54) is 34.4 Å². The fourth-order valence-corrected chi connectivity index (χ4v) is 5.08. The number of hydrogen-bond acceptors (Lipinski definition) is 3. The van der Waals surface area contributed by atoms with E-state index >= 15 is 0 Å². The van der Waals surface area contributed by atoms with Gasteiger partial charge in [-0.1, -0.05) is 59.7 Å². The molecule has 29 heavy (non-hydrogen) atoms. The SMILES string of the molecule is CC(C)c1cc2c(cc1SNc1ccc(CC(=O)O)cc1)C(C)(C)CCC2(C)C. The molecule has 0 spiro atoms. The third-order valence-electron chi connectivity index (χ3n) is 6.19. The summed E-state index contributed by atoms with van der Waals surface area (Å²) in [6, 6.07) is 12.5. The predicted molar refractivity (Wildman–Crippen MR) is 123 cm³/mol. The average molecular weight is 412 g/mol. The number of rotatable bonds is 6. The van der Waals surface area contributed by atoms with E-state index < -0.39 is 5.97 Å². The highest BCUT2D eigenvalue weighted by atomic mass is 32.2. The maximum absolute atomic E-state index is 10.9. The molecule has 0 heterocycles. The van der Waals surface area contributed by atoms with Crippen LogP contribution in [0.5, 0.6) is 0 Å². The number of anilines is 1. The van der Waals surface area contributed by atoms with Gasteiger partial charge in [-0.15, -0.1) is 0 Å². The number of hydrogen-bond donors (Lipinski definition) is 2. The molecule has 0 aromatic heterocycles. The first kappa shape index (κ1) is 21.8. The van der Waals surface area contributed by atoms with Crippen LogP contribution in [0, 0.1) is 0 Å². The summed E-state index contributed by atoms with van der Waals surface area (Å²) >= 11 is 1.66. The van der Waals surface area contributed by atoms with Crippen LogP contribution in [-0.4, -0.2) is 11.1 Å². The van der Waals surface area contributed by atoms with Gasteiger partial charge >= 0.3 is 5.97 Å². The van der Waals surface area contributed by atoms with Crippen LogP contribution in [0.4, 0.5) is 5.69 Å². The highest BCUT2D eigenvalue weighted by Gasteiger charge is 2.37. The molecule has 0 amide bonds. The van der Waals surface area contributed by atoms with Crippen molar-refractivity contribution < 1.29 is 9.90 Å². The molecule has 3 rings (SSSR count). The van der Waals surface area contributed by atoms with E-state index in [-0.39, 0.29) is 17.3 Å². The lowest BCUT2D eigenvalue weighted by Crippen LogP contribution is -2.34. The smallest absolute Gasteiger partial charge is 0.307 e. The van der Waals surface area contributed by atoms with Crippen molar-refractivity contribution in [2.75, 3.05) is 4.72 Å². The Kier molecular flexibility index (Phi) is 6.05. The fraction of sp³-hybridized carbons (Fsp3) is 0.480. The van der Waals surface area contributed by atoms with E-state index in [0.717, 1.165) is 11.3 Å². The number of fused-ring (bicyclic) bond motifs is 1. The molecule has 1 aliphatic carbocycles. The van der Waals surface area contributed by atoms with E-state index in [9.17, 15) is 4.79 Å². The van der Waals surface area contributed by atoms with Crippen LogP contribution >= 0.6 is 11.9 Å². The molecule has 0 saturated carbocycles. The summed E-state index contributed by atoms with van der Waals surface area (Å²) in [6.07, 6.45) is 2.48.